The van der Waals surface area contributed by atoms with Gasteiger partial charge in [0.15, 0.2) is 17.2 Å². The summed E-state index contributed by atoms with van der Waals surface area (Å²) in [4.78, 5) is 4.79. The third-order valence-electron chi connectivity index (χ3n) is 7.57. The zero-order valence-corrected chi connectivity index (χ0v) is 22.1. The molecule has 0 spiro atoms. The number of aliphatic hydroxyl groups is 1. The molecule has 1 aliphatic carbocycles. The van der Waals surface area contributed by atoms with Crippen molar-refractivity contribution in [3.05, 3.63) is 72.3 Å². The number of nitrogens with zero attached hydrogens (tertiary/aromatic N) is 4. The summed E-state index contributed by atoms with van der Waals surface area (Å²) in [6, 6.07) is 16.4. The Labute approximate surface area is 225 Å². The van der Waals surface area contributed by atoms with Gasteiger partial charge < -0.3 is 24.1 Å². The molecule has 2 heterocycles. The molecule has 0 radical (unpaired) electrons. The molecule has 8 nitrogen and oxygen atoms in total. The molecule has 6 rings (SSSR count). The van der Waals surface area contributed by atoms with Crippen LogP contribution >= 0.6 is 0 Å². The molecule has 0 saturated heterocycles. The van der Waals surface area contributed by atoms with E-state index in [0.29, 0.717) is 40.7 Å². The quantitative estimate of drug-likeness (QED) is 0.288. The highest BCUT2D eigenvalue weighted by molar-refractivity contribution is 5.85. The van der Waals surface area contributed by atoms with Gasteiger partial charge in [-0.2, -0.15) is 0 Å². The predicted molar refractivity (Wildman–Crippen MR) is 146 cm³/mol. The molecule has 9 heteroatoms. The van der Waals surface area contributed by atoms with Gasteiger partial charge in [-0.3, -0.25) is 0 Å². The zero-order chi connectivity index (χ0) is 27.1. The first-order valence-corrected chi connectivity index (χ1v) is 13.0. The third-order valence-corrected chi connectivity index (χ3v) is 7.57. The summed E-state index contributed by atoms with van der Waals surface area (Å²) in [7, 11) is 3.44. The fourth-order valence-electron chi connectivity index (χ4n) is 5.45. The summed E-state index contributed by atoms with van der Waals surface area (Å²) < 4.78 is 27.8. The van der Waals surface area contributed by atoms with Crippen LogP contribution in [-0.4, -0.2) is 43.6 Å². The van der Waals surface area contributed by atoms with E-state index in [0.717, 1.165) is 41.5 Å². The highest BCUT2D eigenvalue weighted by atomic mass is 19.1. The molecule has 2 aromatic heterocycles. The molecule has 3 aromatic carbocycles. The van der Waals surface area contributed by atoms with Crippen LogP contribution in [0.4, 0.5) is 4.39 Å². The molecule has 200 valence electrons. The second-order valence-corrected chi connectivity index (χ2v) is 10.4. The van der Waals surface area contributed by atoms with Gasteiger partial charge in [-0.25, -0.2) is 9.37 Å². The normalized spacial score (nSPS) is 19.2. The number of rotatable bonds is 7. The third kappa shape index (κ3) is 4.79. The highest BCUT2D eigenvalue weighted by Gasteiger charge is 2.36. The fourth-order valence-corrected chi connectivity index (χ4v) is 5.45. The van der Waals surface area contributed by atoms with Gasteiger partial charge in [0.2, 0.25) is 5.89 Å². The molecular weight excluding hydrogens is 497 g/mol. The van der Waals surface area contributed by atoms with Gasteiger partial charge in [0.1, 0.15) is 17.7 Å². The molecule has 2 atom stereocenters. The average molecular weight is 528 g/mol. The van der Waals surface area contributed by atoms with Crippen LogP contribution in [0, 0.1) is 5.82 Å². The Hall–Kier alpha value is -4.08. The number of aryl methyl sites for hydroxylation is 1. The lowest BCUT2D eigenvalue weighted by molar-refractivity contribution is 0.0387. The Morgan fingerprint density at radius 3 is 2.74 bits per heavy atom. The standard InChI is InChI=1S/C30H30FN5O3/c1-30(37)11-5-8-26(30)32-16-18-12-24-27(25(13-18)38-3)39-29(34-24)20-7-4-6-19(14-20)22-10-9-21(31)15-23(22)28-35-33-17-36(28)2/h4,6-7,9-10,12-15,17,26,32,37H,5,8,11,16H2,1-3H3/t26-,30+/m1/s1. The number of oxazole rings is 1. The number of hydrogen-bond donors (Lipinski definition) is 2. The summed E-state index contributed by atoms with van der Waals surface area (Å²) >= 11 is 0. The topological polar surface area (TPSA) is 98.2 Å². The van der Waals surface area contributed by atoms with Crippen molar-refractivity contribution < 1.29 is 18.7 Å². The van der Waals surface area contributed by atoms with Crippen LogP contribution in [0.3, 0.4) is 0 Å². The number of hydrogen-bond acceptors (Lipinski definition) is 7. The Morgan fingerprint density at radius 2 is 2.00 bits per heavy atom. The van der Waals surface area contributed by atoms with Crippen molar-refractivity contribution in [1.82, 2.24) is 25.1 Å². The van der Waals surface area contributed by atoms with Gasteiger partial charge in [-0.05, 0) is 79.3 Å². The Balaban J connectivity index is 1.34. The molecule has 1 saturated carbocycles. The maximum atomic E-state index is 14.2. The van der Waals surface area contributed by atoms with Crippen molar-refractivity contribution in [2.75, 3.05) is 7.11 Å². The minimum absolute atomic E-state index is 0.0488. The molecule has 5 aromatic rings. The molecule has 0 bridgehead atoms. The smallest absolute Gasteiger partial charge is 0.227 e. The van der Waals surface area contributed by atoms with Gasteiger partial charge in [0, 0.05) is 30.8 Å². The van der Waals surface area contributed by atoms with Gasteiger partial charge in [0.05, 0.1) is 12.7 Å². The molecule has 0 amide bonds. The van der Waals surface area contributed by atoms with Crippen LogP contribution in [0.25, 0.3) is 45.1 Å². The summed E-state index contributed by atoms with van der Waals surface area (Å²) in [5.41, 5.74) is 4.66. The second kappa shape index (κ2) is 9.91. The first-order chi connectivity index (χ1) is 18.8. The van der Waals surface area contributed by atoms with E-state index in [1.165, 1.54) is 12.1 Å². The van der Waals surface area contributed by atoms with Crippen molar-refractivity contribution in [2.45, 2.75) is 44.4 Å². The van der Waals surface area contributed by atoms with Crippen LogP contribution in [-0.2, 0) is 13.6 Å². The first-order valence-electron chi connectivity index (χ1n) is 13.0. The number of ether oxygens (including phenoxy) is 1. The van der Waals surface area contributed by atoms with Gasteiger partial charge >= 0.3 is 0 Å². The summed E-state index contributed by atoms with van der Waals surface area (Å²) in [5, 5.41) is 22.2. The Bertz CT molecular complexity index is 1660. The molecule has 2 N–H and O–H groups in total. The maximum absolute atomic E-state index is 14.2. The Kier molecular flexibility index (Phi) is 6.40. The lowest BCUT2D eigenvalue weighted by Gasteiger charge is -2.26. The van der Waals surface area contributed by atoms with E-state index < -0.39 is 5.60 Å². The molecular formula is C30H30FN5O3. The van der Waals surface area contributed by atoms with Crippen LogP contribution < -0.4 is 10.1 Å². The molecule has 39 heavy (non-hydrogen) atoms. The number of fused-ring (bicyclic) bond motifs is 1. The number of nitrogens with one attached hydrogen (secondary N) is 1. The van der Waals surface area contributed by atoms with Crippen LogP contribution in [0.5, 0.6) is 5.75 Å². The summed E-state index contributed by atoms with van der Waals surface area (Å²) in [5.74, 6) is 1.28. The average Bonchev–Trinajstić information content (AvgIpc) is 3.64. The monoisotopic (exact) mass is 527 g/mol. The van der Waals surface area contributed by atoms with Crippen molar-refractivity contribution >= 4 is 11.1 Å². The van der Waals surface area contributed by atoms with E-state index in [-0.39, 0.29) is 11.9 Å². The lowest BCUT2D eigenvalue weighted by Crippen LogP contribution is -2.44. The van der Waals surface area contributed by atoms with E-state index in [2.05, 4.69) is 15.5 Å². The van der Waals surface area contributed by atoms with Crippen molar-refractivity contribution in [1.29, 1.82) is 0 Å². The number of benzene rings is 3. The van der Waals surface area contributed by atoms with Gasteiger partial charge in [-0.1, -0.05) is 18.2 Å². The lowest BCUT2D eigenvalue weighted by atomic mass is 9.97. The molecule has 0 unspecified atom stereocenters. The van der Waals surface area contributed by atoms with Crippen LogP contribution in [0.15, 0.2) is 65.3 Å². The maximum Gasteiger partial charge on any atom is 0.227 e. The second-order valence-electron chi connectivity index (χ2n) is 10.4. The van der Waals surface area contributed by atoms with Crippen LogP contribution in [0.1, 0.15) is 31.7 Å². The van der Waals surface area contributed by atoms with E-state index in [9.17, 15) is 9.50 Å². The number of aromatic nitrogens is 4. The largest absolute Gasteiger partial charge is 0.493 e. The molecule has 1 aliphatic rings. The first kappa shape index (κ1) is 25.2. The van der Waals surface area contributed by atoms with E-state index in [1.54, 1.807) is 24.1 Å². The van der Waals surface area contributed by atoms with Gasteiger partial charge in [0.25, 0.3) is 0 Å². The number of methoxy groups -OCH3 is 1. The zero-order valence-electron chi connectivity index (χ0n) is 22.1. The van der Waals surface area contributed by atoms with Crippen molar-refractivity contribution in [3.63, 3.8) is 0 Å². The van der Waals surface area contributed by atoms with Crippen molar-refractivity contribution in [3.8, 4) is 39.7 Å². The van der Waals surface area contributed by atoms with E-state index >= 15 is 0 Å². The van der Waals surface area contributed by atoms with Crippen molar-refractivity contribution in [2.24, 2.45) is 7.05 Å². The van der Waals surface area contributed by atoms with E-state index in [4.69, 9.17) is 14.1 Å². The van der Waals surface area contributed by atoms with Gasteiger partial charge in [-0.15, -0.1) is 10.2 Å². The molecule has 1 fully saturated rings. The SMILES string of the molecule is COc1cc(CN[C@@H]2CCC[C@]2(C)O)cc2nc(-c3cccc(-c4ccc(F)cc4-c4nncn4C)c3)oc12. The summed E-state index contributed by atoms with van der Waals surface area (Å²) in [6.45, 7) is 2.47. The fraction of sp³-hybridized carbons (Fsp3) is 0.300. The van der Waals surface area contributed by atoms with Crippen LogP contribution in [0.2, 0.25) is 0 Å². The predicted octanol–water partition coefficient (Wildman–Crippen LogP) is 5.50. The molecule has 0 aliphatic heterocycles. The minimum Gasteiger partial charge on any atom is -0.493 e. The minimum atomic E-state index is -0.697. The van der Waals surface area contributed by atoms with E-state index in [1.807, 2.05) is 50.4 Å². The summed E-state index contributed by atoms with van der Waals surface area (Å²) in [6.07, 6.45) is 4.35. The number of halogens is 1. The Morgan fingerprint density at radius 1 is 1.15 bits per heavy atom. The highest BCUT2D eigenvalue weighted by Crippen LogP contribution is 2.36.